The summed E-state index contributed by atoms with van der Waals surface area (Å²) in [6, 6.07) is 19.4. The lowest BCUT2D eigenvalue weighted by molar-refractivity contribution is -0.120. The molecule has 0 spiro atoms. The van der Waals surface area contributed by atoms with Crippen LogP contribution in [0, 0.1) is 0 Å². The number of thiophene rings is 1. The summed E-state index contributed by atoms with van der Waals surface area (Å²) in [5.74, 6) is 1.15. The van der Waals surface area contributed by atoms with Gasteiger partial charge in [-0.15, -0.1) is 11.3 Å². The maximum Gasteiger partial charge on any atom is 0.244 e. The zero-order chi connectivity index (χ0) is 21.8. The predicted molar refractivity (Wildman–Crippen MR) is 124 cm³/mol. The Hall–Kier alpha value is -3.91. The van der Waals surface area contributed by atoms with Gasteiger partial charge >= 0.3 is 0 Å². The number of fused-ring (bicyclic) bond motifs is 1. The van der Waals surface area contributed by atoms with Crippen molar-refractivity contribution in [2.75, 3.05) is 13.2 Å². The number of benzene rings is 2. The summed E-state index contributed by atoms with van der Waals surface area (Å²) in [6.45, 7) is 1.05. The van der Waals surface area contributed by atoms with Gasteiger partial charge in [-0.05, 0) is 41.3 Å². The molecular weight excluding hydrogens is 424 g/mol. The Morgan fingerprint density at radius 3 is 2.75 bits per heavy atom. The van der Waals surface area contributed by atoms with Crippen LogP contribution in [-0.4, -0.2) is 35.1 Å². The summed E-state index contributed by atoms with van der Waals surface area (Å²) in [5, 5.41) is 10.9. The second-order valence-electron chi connectivity index (χ2n) is 7.14. The normalized spacial score (nSPS) is 12.8. The third-order valence-electron chi connectivity index (χ3n) is 4.88. The minimum absolute atomic E-state index is 0.190. The van der Waals surface area contributed by atoms with Gasteiger partial charge in [-0.3, -0.25) is 4.79 Å². The first-order chi connectivity index (χ1) is 15.8. The second kappa shape index (κ2) is 9.07. The number of hydrogen-bond acceptors (Lipinski definition) is 6. The first kappa shape index (κ1) is 20.0. The fraction of sp³-hybridized carbons (Fsp3) is 0.125. The Bertz CT molecular complexity index is 1250. The Morgan fingerprint density at radius 1 is 1.09 bits per heavy atom. The maximum absolute atomic E-state index is 12.4. The summed E-state index contributed by atoms with van der Waals surface area (Å²) in [6.07, 6.45) is 3.72. The standard InChI is InChI=1S/C24H20N4O3S/c29-23(14-17-8-9-20-21(13-17)31-11-10-30-20)26-25-15-18-16-28(19-5-2-1-3-6-19)27-24(18)22-7-4-12-32-22/h1-9,12-13,15-16H,10-11,14H2,(H,26,29)/b25-15+. The highest BCUT2D eigenvalue weighted by Gasteiger charge is 2.14. The highest BCUT2D eigenvalue weighted by atomic mass is 32.1. The Balaban J connectivity index is 1.30. The Kier molecular flexibility index (Phi) is 5.67. The molecule has 4 aromatic rings. The number of nitrogens with one attached hydrogen (secondary N) is 1. The van der Waals surface area contributed by atoms with Crippen LogP contribution in [-0.2, 0) is 11.2 Å². The minimum atomic E-state index is -0.217. The van der Waals surface area contributed by atoms with Crippen molar-refractivity contribution in [3.63, 3.8) is 0 Å². The lowest BCUT2D eigenvalue weighted by atomic mass is 10.1. The van der Waals surface area contributed by atoms with Crippen LogP contribution in [0.15, 0.2) is 77.3 Å². The van der Waals surface area contributed by atoms with Crippen molar-refractivity contribution in [1.29, 1.82) is 0 Å². The van der Waals surface area contributed by atoms with E-state index in [0.29, 0.717) is 24.7 Å². The molecule has 1 N–H and O–H groups in total. The molecule has 2 aromatic carbocycles. The SMILES string of the molecule is O=C(Cc1ccc2c(c1)OCCO2)N/N=C/c1cn(-c2ccccc2)nc1-c1cccs1. The van der Waals surface area contributed by atoms with Gasteiger partial charge in [-0.1, -0.05) is 30.3 Å². The molecule has 160 valence electrons. The number of aromatic nitrogens is 2. The van der Waals surface area contributed by atoms with Gasteiger partial charge < -0.3 is 9.47 Å². The van der Waals surface area contributed by atoms with Gasteiger partial charge in [0.05, 0.1) is 23.2 Å². The number of hydrogen-bond donors (Lipinski definition) is 1. The van der Waals surface area contributed by atoms with E-state index in [2.05, 4.69) is 10.5 Å². The predicted octanol–water partition coefficient (Wildman–Crippen LogP) is 4.06. The molecule has 2 aromatic heterocycles. The molecule has 1 amide bonds. The van der Waals surface area contributed by atoms with Crippen molar-refractivity contribution in [2.45, 2.75) is 6.42 Å². The van der Waals surface area contributed by atoms with E-state index >= 15 is 0 Å². The summed E-state index contributed by atoms with van der Waals surface area (Å²) in [7, 11) is 0. The first-order valence-electron chi connectivity index (χ1n) is 10.2. The molecular formula is C24H20N4O3S. The van der Waals surface area contributed by atoms with Crippen LogP contribution in [0.3, 0.4) is 0 Å². The third kappa shape index (κ3) is 4.40. The number of ether oxygens (including phenoxy) is 2. The molecule has 8 heteroatoms. The molecule has 0 radical (unpaired) electrons. The van der Waals surface area contributed by atoms with E-state index in [1.54, 1.807) is 17.6 Å². The average Bonchev–Trinajstić information content (AvgIpc) is 3.50. The lowest BCUT2D eigenvalue weighted by Crippen LogP contribution is -2.20. The summed E-state index contributed by atoms with van der Waals surface area (Å²) in [4.78, 5) is 13.4. The highest BCUT2D eigenvalue weighted by molar-refractivity contribution is 7.13. The van der Waals surface area contributed by atoms with Gasteiger partial charge in [0.15, 0.2) is 11.5 Å². The van der Waals surface area contributed by atoms with Gasteiger partial charge in [0.1, 0.15) is 18.9 Å². The molecule has 1 aliphatic heterocycles. The number of amides is 1. The smallest absolute Gasteiger partial charge is 0.244 e. The molecule has 32 heavy (non-hydrogen) atoms. The molecule has 3 heterocycles. The third-order valence-corrected chi connectivity index (χ3v) is 5.76. The maximum atomic E-state index is 12.4. The number of rotatable bonds is 6. The van der Waals surface area contributed by atoms with E-state index in [0.717, 1.165) is 27.4 Å². The van der Waals surface area contributed by atoms with Gasteiger partial charge in [0.25, 0.3) is 0 Å². The van der Waals surface area contributed by atoms with E-state index in [4.69, 9.17) is 14.6 Å². The van der Waals surface area contributed by atoms with Crippen molar-refractivity contribution >= 4 is 23.5 Å². The fourth-order valence-corrected chi connectivity index (χ4v) is 4.13. The van der Waals surface area contributed by atoms with E-state index in [1.165, 1.54) is 0 Å². The van der Waals surface area contributed by atoms with E-state index < -0.39 is 0 Å². The molecule has 0 saturated heterocycles. The van der Waals surface area contributed by atoms with Crippen LogP contribution in [0.1, 0.15) is 11.1 Å². The van der Waals surface area contributed by atoms with Crippen LogP contribution in [0.2, 0.25) is 0 Å². The summed E-state index contributed by atoms with van der Waals surface area (Å²) >= 11 is 1.60. The minimum Gasteiger partial charge on any atom is -0.486 e. The number of carbonyl (C=O) groups is 1. The highest BCUT2D eigenvalue weighted by Crippen LogP contribution is 2.31. The zero-order valence-electron chi connectivity index (χ0n) is 17.1. The molecule has 7 nitrogen and oxygen atoms in total. The topological polar surface area (TPSA) is 77.7 Å². The van der Waals surface area contributed by atoms with Gasteiger partial charge in [-0.2, -0.15) is 10.2 Å². The van der Waals surface area contributed by atoms with Crippen molar-refractivity contribution in [1.82, 2.24) is 15.2 Å². The van der Waals surface area contributed by atoms with Crippen molar-refractivity contribution in [3.05, 3.63) is 83.4 Å². The van der Waals surface area contributed by atoms with Gasteiger partial charge in [0.2, 0.25) is 5.91 Å². The molecule has 1 aliphatic rings. The number of para-hydroxylation sites is 1. The van der Waals surface area contributed by atoms with E-state index in [9.17, 15) is 4.79 Å². The van der Waals surface area contributed by atoms with Crippen molar-refractivity contribution in [3.8, 4) is 27.8 Å². The molecule has 5 rings (SSSR count). The molecule has 0 saturated carbocycles. The van der Waals surface area contributed by atoms with Crippen molar-refractivity contribution < 1.29 is 14.3 Å². The van der Waals surface area contributed by atoms with Gasteiger partial charge in [-0.25, -0.2) is 10.1 Å². The monoisotopic (exact) mass is 444 g/mol. The lowest BCUT2D eigenvalue weighted by Gasteiger charge is -2.18. The summed E-state index contributed by atoms with van der Waals surface area (Å²) < 4.78 is 12.9. The van der Waals surface area contributed by atoms with Crippen LogP contribution >= 0.6 is 11.3 Å². The van der Waals surface area contributed by atoms with Crippen LogP contribution in [0.4, 0.5) is 0 Å². The second-order valence-corrected chi connectivity index (χ2v) is 8.09. The van der Waals surface area contributed by atoms with E-state index in [-0.39, 0.29) is 12.3 Å². The Labute approximate surface area is 188 Å². The number of carbonyl (C=O) groups excluding carboxylic acids is 1. The molecule has 0 atom stereocenters. The summed E-state index contributed by atoms with van der Waals surface area (Å²) in [5.41, 5.74) is 6.02. The fourth-order valence-electron chi connectivity index (χ4n) is 3.40. The average molecular weight is 445 g/mol. The number of nitrogens with zero attached hydrogens (tertiary/aromatic N) is 3. The largest absolute Gasteiger partial charge is 0.486 e. The number of hydrazone groups is 1. The Morgan fingerprint density at radius 2 is 1.94 bits per heavy atom. The molecule has 0 bridgehead atoms. The molecule has 0 unspecified atom stereocenters. The van der Waals surface area contributed by atoms with Crippen LogP contribution in [0.5, 0.6) is 11.5 Å². The first-order valence-corrected chi connectivity index (χ1v) is 11.0. The van der Waals surface area contributed by atoms with Crippen LogP contribution < -0.4 is 14.9 Å². The zero-order valence-corrected chi connectivity index (χ0v) is 17.9. The quantitative estimate of drug-likeness (QED) is 0.359. The van der Waals surface area contributed by atoms with Gasteiger partial charge in [0, 0.05) is 11.8 Å². The molecule has 0 aliphatic carbocycles. The van der Waals surface area contributed by atoms with Crippen LogP contribution in [0.25, 0.3) is 16.3 Å². The van der Waals surface area contributed by atoms with Crippen molar-refractivity contribution in [2.24, 2.45) is 5.10 Å². The van der Waals surface area contributed by atoms with E-state index in [1.807, 2.05) is 76.9 Å². The molecule has 0 fully saturated rings.